The van der Waals surface area contributed by atoms with E-state index >= 15 is 0 Å². The van der Waals surface area contributed by atoms with Crippen molar-refractivity contribution in [3.8, 4) is 5.75 Å². The topological polar surface area (TPSA) is 38.3 Å². The predicted octanol–water partition coefficient (Wildman–Crippen LogP) is 3.71. The standard InChI is InChI=1S/C18H27NO2/c1-13(2)11-18(10-9-17(20)19-18)12-15-7-5-6-8-16(15)21-14(3)4/h5-8,13-14H,9-12H2,1-4H3,(H,19,20). The average molecular weight is 289 g/mol. The molecule has 3 heteroatoms. The van der Waals surface area contributed by atoms with Crippen molar-refractivity contribution >= 4 is 5.91 Å². The second kappa shape index (κ2) is 6.50. The molecule has 21 heavy (non-hydrogen) atoms. The quantitative estimate of drug-likeness (QED) is 0.867. The summed E-state index contributed by atoms with van der Waals surface area (Å²) < 4.78 is 5.92. The molecule has 1 unspecified atom stereocenters. The maximum Gasteiger partial charge on any atom is 0.220 e. The van der Waals surface area contributed by atoms with Crippen molar-refractivity contribution in [2.45, 2.75) is 65.0 Å². The van der Waals surface area contributed by atoms with Crippen molar-refractivity contribution in [2.24, 2.45) is 5.92 Å². The Labute approximate surface area is 128 Å². The SMILES string of the molecule is CC(C)CC1(Cc2ccccc2OC(C)C)CCC(=O)N1. The van der Waals surface area contributed by atoms with Gasteiger partial charge in [-0.15, -0.1) is 0 Å². The molecule has 2 rings (SSSR count). The van der Waals surface area contributed by atoms with E-state index in [1.807, 2.05) is 32.0 Å². The largest absolute Gasteiger partial charge is 0.491 e. The lowest BCUT2D eigenvalue weighted by Gasteiger charge is -2.32. The first-order valence-electron chi connectivity index (χ1n) is 7.96. The van der Waals surface area contributed by atoms with Crippen LogP contribution in [0.3, 0.4) is 0 Å². The van der Waals surface area contributed by atoms with E-state index in [0.29, 0.717) is 12.3 Å². The Bertz CT molecular complexity index is 496. The highest BCUT2D eigenvalue weighted by Crippen LogP contribution is 2.34. The van der Waals surface area contributed by atoms with E-state index in [9.17, 15) is 4.79 Å². The maximum atomic E-state index is 11.8. The van der Waals surface area contributed by atoms with Crippen molar-refractivity contribution < 1.29 is 9.53 Å². The lowest BCUT2D eigenvalue weighted by atomic mass is 9.82. The number of hydrogen-bond donors (Lipinski definition) is 1. The van der Waals surface area contributed by atoms with Gasteiger partial charge in [0.2, 0.25) is 5.91 Å². The molecule has 1 saturated heterocycles. The third-order valence-corrected chi connectivity index (χ3v) is 3.90. The van der Waals surface area contributed by atoms with Gasteiger partial charge in [-0.1, -0.05) is 32.0 Å². The number of rotatable bonds is 6. The van der Waals surface area contributed by atoms with Crippen LogP contribution in [0.25, 0.3) is 0 Å². The predicted molar refractivity (Wildman–Crippen MR) is 85.5 cm³/mol. The molecule has 1 fully saturated rings. The highest BCUT2D eigenvalue weighted by atomic mass is 16.5. The third kappa shape index (κ3) is 4.23. The van der Waals surface area contributed by atoms with Gasteiger partial charge in [0.05, 0.1) is 6.10 Å². The van der Waals surface area contributed by atoms with Gasteiger partial charge in [0.25, 0.3) is 0 Å². The number of carbonyl (C=O) groups is 1. The Kier molecular flexibility index (Phi) is 4.92. The van der Waals surface area contributed by atoms with E-state index in [1.54, 1.807) is 0 Å². The molecule has 0 radical (unpaired) electrons. The summed E-state index contributed by atoms with van der Waals surface area (Å²) in [7, 11) is 0. The average Bonchev–Trinajstić information content (AvgIpc) is 2.71. The molecule has 1 N–H and O–H groups in total. The molecule has 1 atom stereocenters. The van der Waals surface area contributed by atoms with Crippen molar-refractivity contribution in [1.82, 2.24) is 5.32 Å². The molecule has 3 nitrogen and oxygen atoms in total. The van der Waals surface area contributed by atoms with Gasteiger partial charge < -0.3 is 10.1 Å². The first-order valence-corrected chi connectivity index (χ1v) is 7.96. The molecule has 1 aromatic carbocycles. The number of amides is 1. The van der Waals surface area contributed by atoms with Crippen LogP contribution in [0.15, 0.2) is 24.3 Å². The summed E-state index contributed by atoms with van der Waals surface area (Å²) in [5.74, 6) is 1.68. The summed E-state index contributed by atoms with van der Waals surface area (Å²) in [5, 5.41) is 3.23. The van der Waals surface area contributed by atoms with Gasteiger partial charge in [0, 0.05) is 12.0 Å². The summed E-state index contributed by atoms with van der Waals surface area (Å²) in [6, 6.07) is 8.19. The number of hydrogen-bond acceptors (Lipinski definition) is 2. The number of benzene rings is 1. The number of carbonyl (C=O) groups excluding carboxylic acids is 1. The molecule has 1 aromatic rings. The highest BCUT2D eigenvalue weighted by molar-refractivity contribution is 5.79. The second-order valence-corrected chi connectivity index (χ2v) is 6.88. The summed E-state index contributed by atoms with van der Waals surface area (Å²) >= 11 is 0. The van der Waals surface area contributed by atoms with Crippen LogP contribution in [0.1, 0.15) is 52.5 Å². The number of nitrogens with one attached hydrogen (secondary N) is 1. The minimum Gasteiger partial charge on any atom is -0.491 e. The van der Waals surface area contributed by atoms with Crippen molar-refractivity contribution in [2.75, 3.05) is 0 Å². The van der Waals surface area contributed by atoms with Gasteiger partial charge in [0.15, 0.2) is 0 Å². The summed E-state index contributed by atoms with van der Waals surface area (Å²) in [6.45, 7) is 8.50. The van der Waals surface area contributed by atoms with Gasteiger partial charge >= 0.3 is 0 Å². The van der Waals surface area contributed by atoms with E-state index in [4.69, 9.17) is 4.74 Å². The first-order chi connectivity index (χ1) is 9.90. The molecule has 1 amide bonds. The monoisotopic (exact) mass is 289 g/mol. The van der Waals surface area contributed by atoms with E-state index in [1.165, 1.54) is 5.56 Å². The fourth-order valence-electron chi connectivity index (χ4n) is 3.30. The number of ether oxygens (including phenoxy) is 1. The zero-order valence-corrected chi connectivity index (χ0v) is 13.6. The summed E-state index contributed by atoms with van der Waals surface area (Å²) in [6.07, 6.45) is 3.57. The normalized spacial score (nSPS) is 21.9. The molecule has 116 valence electrons. The van der Waals surface area contributed by atoms with Gasteiger partial charge in [-0.25, -0.2) is 0 Å². The minimum atomic E-state index is -0.109. The van der Waals surface area contributed by atoms with Crippen LogP contribution in [0.2, 0.25) is 0 Å². The Morgan fingerprint density at radius 3 is 2.52 bits per heavy atom. The van der Waals surface area contributed by atoms with Gasteiger partial charge in [0.1, 0.15) is 5.75 Å². The maximum absolute atomic E-state index is 11.8. The number of para-hydroxylation sites is 1. The zero-order chi connectivity index (χ0) is 15.5. The molecule has 1 aliphatic heterocycles. The third-order valence-electron chi connectivity index (χ3n) is 3.90. The van der Waals surface area contributed by atoms with Gasteiger partial charge in [-0.05, 0) is 50.7 Å². The van der Waals surface area contributed by atoms with Crippen LogP contribution in [-0.4, -0.2) is 17.6 Å². The molecule has 1 aliphatic rings. The summed E-state index contributed by atoms with van der Waals surface area (Å²) in [5.41, 5.74) is 1.08. The lowest BCUT2D eigenvalue weighted by molar-refractivity contribution is -0.119. The molecule has 1 heterocycles. The van der Waals surface area contributed by atoms with E-state index in [0.717, 1.165) is 25.0 Å². The van der Waals surface area contributed by atoms with Crippen LogP contribution < -0.4 is 10.1 Å². The van der Waals surface area contributed by atoms with Crippen molar-refractivity contribution in [3.05, 3.63) is 29.8 Å². The lowest BCUT2D eigenvalue weighted by Crippen LogP contribution is -2.44. The van der Waals surface area contributed by atoms with Crippen molar-refractivity contribution in [3.63, 3.8) is 0 Å². The van der Waals surface area contributed by atoms with Crippen LogP contribution in [0, 0.1) is 5.92 Å². The van der Waals surface area contributed by atoms with Crippen molar-refractivity contribution in [1.29, 1.82) is 0 Å². The molecular weight excluding hydrogens is 262 g/mol. The Morgan fingerprint density at radius 1 is 1.24 bits per heavy atom. The highest BCUT2D eigenvalue weighted by Gasteiger charge is 2.38. The van der Waals surface area contributed by atoms with E-state index in [-0.39, 0.29) is 17.6 Å². The minimum absolute atomic E-state index is 0.109. The van der Waals surface area contributed by atoms with Crippen LogP contribution in [-0.2, 0) is 11.2 Å². The fourth-order valence-corrected chi connectivity index (χ4v) is 3.30. The van der Waals surface area contributed by atoms with E-state index in [2.05, 4.69) is 25.2 Å². The summed E-state index contributed by atoms with van der Waals surface area (Å²) in [4.78, 5) is 11.8. The Hall–Kier alpha value is -1.51. The van der Waals surface area contributed by atoms with E-state index < -0.39 is 0 Å². The molecule has 0 saturated carbocycles. The van der Waals surface area contributed by atoms with Crippen LogP contribution in [0.5, 0.6) is 5.75 Å². The smallest absolute Gasteiger partial charge is 0.220 e. The molecule has 0 aliphatic carbocycles. The van der Waals surface area contributed by atoms with Crippen LogP contribution >= 0.6 is 0 Å². The Morgan fingerprint density at radius 2 is 1.95 bits per heavy atom. The molecular formula is C18H27NO2. The molecule has 0 bridgehead atoms. The Balaban J connectivity index is 2.23. The molecule has 0 spiro atoms. The first kappa shape index (κ1) is 15.9. The fraction of sp³-hybridized carbons (Fsp3) is 0.611. The molecule has 0 aromatic heterocycles. The zero-order valence-electron chi connectivity index (χ0n) is 13.6. The van der Waals surface area contributed by atoms with Gasteiger partial charge in [-0.2, -0.15) is 0 Å². The second-order valence-electron chi connectivity index (χ2n) is 6.88. The van der Waals surface area contributed by atoms with Crippen LogP contribution in [0.4, 0.5) is 0 Å². The van der Waals surface area contributed by atoms with Gasteiger partial charge in [-0.3, -0.25) is 4.79 Å².